The van der Waals surface area contributed by atoms with Crippen LogP contribution in [0.25, 0.3) is 0 Å². The van der Waals surface area contributed by atoms with Crippen LogP contribution in [0.3, 0.4) is 0 Å². The summed E-state index contributed by atoms with van der Waals surface area (Å²) in [4.78, 5) is 2.31. The summed E-state index contributed by atoms with van der Waals surface area (Å²) in [5, 5.41) is 13.9. The van der Waals surface area contributed by atoms with Gasteiger partial charge in [0.15, 0.2) is 0 Å². The molecule has 0 spiro atoms. The Balaban J connectivity index is 1.08. The molecule has 2 aromatic rings. The standard InChI is InChI=1S/C22H28N2O2/c25-19(16-26-20-9-5-2-6-10-20)15-24-13-17(14-24)12-23-22-11-21(22)18-7-3-1-4-8-18/h1-10,17,19,21-23,25H,11-16H2. The molecule has 4 heteroatoms. The zero-order valence-electron chi connectivity index (χ0n) is 15.1. The van der Waals surface area contributed by atoms with E-state index in [0.717, 1.165) is 25.4 Å². The predicted molar refractivity (Wildman–Crippen MR) is 103 cm³/mol. The highest BCUT2D eigenvalue weighted by molar-refractivity contribution is 5.27. The molecule has 0 radical (unpaired) electrons. The smallest absolute Gasteiger partial charge is 0.119 e. The number of nitrogens with one attached hydrogen (secondary N) is 1. The van der Waals surface area contributed by atoms with Gasteiger partial charge in [0.2, 0.25) is 0 Å². The van der Waals surface area contributed by atoms with Crippen LogP contribution in [0.15, 0.2) is 60.7 Å². The van der Waals surface area contributed by atoms with Crippen LogP contribution in [0.1, 0.15) is 17.9 Å². The molecule has 1 aliphatic heterocycles. The van der Waals surface area contributed by atoms with E-state index in [1.807, 2.05) is 30.3 Å². The topological polar surface area (TPSA) is 44.7 Å². The fourth-order valence-corrected chi connectivity index (χ4v) is 3.82. The van der Waals surface area contributed by atoms with Gasteiger partial charge in [-0.2, -0.15) is 0 Å². The van der Waals surface area contributed by atoms with E-state index in [0.29, 0.717) is 31.0 Å². The molecule has 2 N–H and O–H groups in total. The van der Waals surface area contributed by atoms with Crippen LogP contribution < -0.4 is 10.1 Å². The Morgan fingerprint density at radius 3 is 2.46 bits per heavy atom. The second-order valence-corrected chi connectivity index (χ2v) is 7.63. The molecule has 1 heterocycles. The number of likely N-dealkylation sites (tertiary alicyclic amines) is 1. The summed E-state index contributed by atoms with van der Waals surface area (Å²) in [5.74, 6) is 2.22. The third-order valence-electron chi connectivity index (χ3n) is 5.37. The summed E-state index contributed by atoms with van der Waals surface area (Å²) in [5.41, 5.74) is 1.46. The van der Waals surface area contributed by atoms with E-state index in [9.17, 15) is 5.11 Å². The number of rotatable bonds is 9. The molecule has 0 bridgehead atoms. The molecule has 26 heavy (non-hydrogen) atoms. The Kier molecular flexibility index (Phi) is 5.54. The van der Waals surface area contributed by atoms with Gasteiger partial charge in [0.05, 0.1) is 0 Å². The second kappa shape index (κ2) is 8.21. The zero-order chi connectivity index (χ0) is 17.8. The van der Waals surface area contributed by atoms with Gasteiger partial charge in [-0.3, -0.25) is 4.90 Å². The minimum absolute atomic E-state index is 0.351. The lowest BCUT2D eigenvalue weighted by Gasteiger charge is -2.40. The normalized spacial score (nSPS) is 24.0. The van der Waals surface area contributed by atoms with Crippen molar-refractivity contribution >= 4 is 0 Å². The van der Waals surface area contributed by atoms with Crippen LogP contribution in [0, 0.1) is 5.92 Å². The maximum absolute atomic E-state index is 10.1. The molecular weight excluding hydrogens is 324 g/mol. The maximum atomic E-state index is 10.1. The number of aliphatic hydroxyl groups excluding tert-OH is 1. The predicted octanol–water partition coefficient (Wildman–Crippen LogP) is 2.50. The number of β-amino-alcohol motifs (C(OH)–C–C–N with tert-alkyl or cyclic N) is 1. The Morgan fingerprint density at radius 2 is 1.73 bits per heavy atom. The van der Waals surface area contributed by atoms with Crippen LogP contribution in [0.4, 0.5) is 0 Å². The highest BCUT2D eigenvalue weighted by atomic mass is 16.5. The average molecular weight is 352 g/mol. The molecule has 3 atom stereocenters. The lowest BCUT2D eigenvalue weighted by atomic mass is 9.99. The van der Waals surface area contributed by atoms with Gasteiger partial charge < -0.3 is 15.2 Å². The number of hydrogen-bond acceptors (Lipinski definition) is 4. The highest BCUT2D eigenvalue weighted by Crippen LogP contribution is 2.40. The van der Waals surface area contributed by atoms with E-state index >= 15 is 0 Å². The molecular formula is C22H28N2O2. The van der Waals surface area contributed by atoms with E-state index in [-0.39, 0.29) is 0 Å². The first-order valence-electron chi connectivity index (χ1n) is 9.64. The van der Waals surface area contributed by atoms with E-state index in [4.69, 9.17) is 4.74 Å². The van der Waals surface area contributed by atoms with E-state index in [2.05, 4.69) is 40.5 Å². The minimum Gasteiger partial charge on any atom is -0.491 e. The minimum atomic E-state index is -0.435. The number of aliphatic hydroxyl groups is 1. The van der Waals surface area contributed by atoms with Gasteiger partial charge in [-0.15, -0.1) is 0 Å². The summed E-state index contributed by atoms with van der Waals surface area (Å²) in [7, 11) is 0. The van der Waals surface area contributed by atoms with Crippen LogP contribution in [0.5, 0.6) is 5.75 Å². The summed E-state index contributed by atoms with van der Waals surface area (Å²) in [6.45, 7) is 4.26. The number of ether oxygens (including phenoxy) is 1. The first kappa shape index (κ1) is 17.5. The lowest BCUT2D eigenvalue weighted by Crippen LogP contribution is -2.53. The largest absolute Gasteiger partial charge is 0.491 e. The molecule has 2 fully saturated rings. The Labute approximate surface area is 155 Å². The maximum Gasteiger partial charge on any atom is 0.119 e. The van der Waals surface area contributed by atoms with Crippen molar-refractivity contribution in [1.29, 1.82) is 0 Å². The first-order chi connectivity index (χ1) is 12.8. The summed E-state index contributed by atoms with van der Waals surface area (Å²) in [6.07, 6.45) is 0.825. The van der Waals surface area contributed by atoms with Crippen LogP contribution in [-0.4, -0.2) is 54.9 Å². The molecule has 2 aliphatic rings. The highest BCUT2D eigenvalue weighted by Gasteiger charge is 2.39. The summed E-state index contributed by atoms with van der Waals surface area (Å²) < 4.78 is 5.62. The summed E-state index contributed by atoms with van der Waals surface area (Å²) >= 11 is 0. The monoisotopic (exact) mass is 352 g/mol. The number of para-hydroxylation sites is 1. The number of benzene rings is 2. The van der Waals surface area contributed by atoms with Gasteiger partial charge in [-0.1, -0.05) is 48.5 Å². The van der Waals surface area contributed by atoms with Crippen molar-refractivity contribution in [1.82, 2.24) is 10.2 Å². The van der Waals surface area contributed by atoms with Crippen molar-refractivity contribution in [3.8, 4) is 5.75 Å². The SMILES string of the molecule is OC(COc1ccccc1)CN1CC(CNC2CC2c2ccccc2)C1. The quantitative estimate of drug-likeness (QED) is 0.728. The number of hydrogen-bond donors (Lipinski definition) is 2. The molecule has 3 unspecified atom stereocenters. The molecule has 0 aromatic heterocycles. The Morgan fingerprint density at radius 1 is 1.04 bits per heavy atom. The van der Waals surface area contributed by atoms with Crippen molar-refractivity contribution in [3.63, 3.8) is 0 Å². The molecule has 2 aromatic carbocycles. The van der Waals surface area contributed by atoms with Crippen molar-refractivity contribution < 1.29 is 9.84 Å². The third kappa shape index (κ3) is 4.64. The van der Waals surface area contributed by atoms with E-state index in [1.165, 1.54) is 12.0 Å². The molecule has 1 saturated carbocycles. The second-order valence-electron chi connectivity index (χ2n) is 7.63. The van der Waals surface area contributed by atoms with E-state index < -0.39 is 6.10 Å². The fraction of sp³-hybridized carbons (Fsp3) is 0.455. The van der Waals surface area contributed by atoms with Gasteiger partial charge in [0.1, 0.15) is 18.5 Å². The van der Waals surface area contributed by atoms with Gasteiger partial charge in [-0.05, 0) is 30.0 Å². The van der Waals surface area contributed by atoms with Crippen molar-refractivity contribution in [2.24, 2.45) is 5.92 Å². The van der Waals surface area contributed by atoms with Crippen LogP contribution >= 0.6 is 0 Å². The molecule has 138 valence electrons. The molecule has 4 rings (SSSR count). The molecule has 1 saturated heterocycles. The van der Waals surface area contributed by atoms with Crippen molar-refractivity contribution in [3.05, 3.63) is 66.2 Å². The average Bonchev–Trinajstić information content (AvgIpc) is 3.43. The van der Waals surface area contributed by atoms with Crippen molar-refractivity contribution in [2.45, 2.75) is 24.5 Å². The summed E-state index contributed by atoms with van der Waals surface area (Å²) in [6, 6.07) is 21.1. The van der Waals surface area contributed by atoms with Gasteiger partial charge in [0.25, 0.3) is 0 Å². The van der Waals surface area contributed by atoms with Gasteiger partial charge >= 0.3 is 0 Å². The Hall–Kier alpha value is -1.88. The van der Waals surface area contributed by atoms with Crippen LogP contribution in [0.2, 0.25) is 0 Å². The first-order valence-corrected chi connectivity index (χ1v) is 9.64. The fourth-order valence-electron chi connectivity index (χ4n) is 3.82. The van der Waals surface area contributed by atoms with E-state index in [1.54, 1.807) is 0 Å². The molecule has 0 amide bonds. The molecule has 1 aliphatic carbocycles. The Bertz CT molecular complexity index is 673. The molecule has 4 nitrogen and oxygen atoms in total. The lowest BCUT2D eigenvalue weighted by molar-refractivity contribution is 0.0199. The van der Waals surface area contributed by atoms with Gasteiger partial charge in [0, 0.05) is 38.1 Å². The number of nitrogens with zero attached hydrogens (tertiary/aromatic N) is 1. The van der Waals surface area contributed by atoms with Crippen LogP contribution in [-0.2, 0) is 0 Å². The van der Waals surface area contributed by atoms with Gasteiger partial charge in [-0.25, -0.2) is 0 Å². The van der Waals surface area contributed by atoms with Crippen molar-refractivity contribution in [2.75, 3.05) is 32.8 Å². The third-order valence-corrected chi connectivity index (χ3v) is 5.37. The zero-order valence-corrected chi connectivity index (χ0v) is 15.1.